The van der Waals surface area contributed by atoms with E-state index in [1.54, 1.807) is 0 Å². The normalized spacial score (nSPS) is 34.9. The molecular formula is C14H23NO2Si. The highest BCUT2D eigenvalue weighted by atomic mass is 28.3. The van der Waals surface area contributed by atoms with E-state index < -0.39 is 14.2 Å². The molecule has 2 amide bonds. The van der Waals surface area contributed by atoms with E-state index >= 15 is 0 Å². The van der Waals surface area contributed by atoms with Gasteiger partial charge in [-0.2, -0.15) is 0 Å². The summed E-state index contributed by atoms with van der Waals surface area (Å²) >= 11 is 0. The number of rotatable bonds is 4. The lowest BCUT2D eigenvalue weighted by molar-refractivity contribution is -0.129. The first-order valence-electron chi connectivity index (χ1n) is 7.02. The van der Waals surface area contributed by atoms with Crippen LogP contribution in [0.1, 0.15) is 39.0 Å². The molecule has 1 aliphatic heterocycles. The van der Waals surface area contributed by atoms with Gasteiger partial charge < -0.3 is 0 Å². The highest BCUT2D eigenvalue weighted by Crippen LogP contribution is 2.61. The van der Waals surface area contributed by atoms with Crippen LogP contribution in [0, 0.1) is 5.41 Å². The molecule has 1 N–H and O–H groups in total. The maximum Gasteiger partial charge on any atom is 0.233 e. The summed E-state index contributed by atoms with van der Waals surface area (Å²) in [6.45, 7) is 6.55. The molecule has 1 heterocycles. The number of amides is 2. The lowest BCUT2D eigenvalue weighted by Crippen LogP contribution is -2.47. The monoisotopic (exact) mass is 265 g/mol. The average Bonchev–Trinajstić information content (AvgIpc) is 2.57. The van der Waals surface area contributed by atoms with Crippen molar-refractivity contribution in [2.24, 2.45) is 5.41 Å². The third-order valence-corrected chi connectivity index (χ3v) is 7.96. The van der Waals surface area contributed by atoms with Gasteiger partial charge in [0.15, 0.2) is 0 Å². The van der Waals surface area contributed by atoms with Gasteiger partial charge in [-0.15, -0.1) is 0 Å². The Bertz CT molecular complexity index is 405. The van der Waals surface area contributed by atoms with Gasteiger partial charge in [0.2, 0.25) is 11.8 Å². The van der Waals surface area contributed by atoms with Crippen molar-refractivity contribution in [1.82, 2.24) is 5.32 Å². The number of carbonyl (C=O) groups is 2. The summed E-state index contributed by atoms with van der Waals surface area (Å²) in [6.07, 6.45) is 8.67. The highest BCUT2D eigenvalue weighted by molar-refractivity contribution is 6.66. The zero-order valence-corrected chi connectivity index (χ0v) is 12.7. The third kappa shape index (κ3) is 1.54. The molecule has 2 aliphatic rings. The molecule has 0 spiro atoms. The number of fused-ring (bicyclic) bond motifs is 1. The number of imide groups is 1. The second kappa shape index (κ2) is 4.65. The van der Waals surface area contributed by atoms with E-state index in [9.17, 15) is 9.59 Å². The largest absolute Gasteiger partial charge is 0.296 e. The molecule has 18 heavy (non-hydrogen) atoms. The number of nitrogens with one attached hydrogen (secondary N) is 1. The van der Waals surface area contributed by atoms with Crippen molar-refractivity contribution in [1.29, 1.82) is 0 Å². The average molecular weight is 265 g/mol. The van der Waals surface area contributed by atoms with E-state index in [1.165, 1.54) is 0 Å². The molecule has 100 valence electrons. The van der Waals surface area contributed by atoms with Crippen molar-refractivity contribution in [2.75, 3.05) is 0 Å². The fraction of sp³-hybridized carbons (Fsp3) is 0.714. The molecule has 0 bridgehead atoms. The minimum atomic E-state index is -1.27. The van der Waals surface area contributed by atoms with Crippen LogP contribution in [0.4, 0.5) is 0 Å². The maximum atomic E-state index is 12.4. The number of carbonyl (C=O) groups excluding carboxylic acids is 2. The van der Waals surface area contributed by atoms with E-state index in [0.29, 0.717) is 0 Å². The van der Waals surface area contributed by atoms with Crippen LogP contribution in [0.2, 0.25) is 18.1 Å². The van der Waals surface area contributed by atoms with Gasteiger partial charge in [0.1, 0.15) is 0 Å². The first-order chi connectivity index (χ1) is 8.51. The fourth-order valence-corrected chi connectivity index (χ4v) is 6.54. The van der Waals surface area contributed by atoms with E-state index in [-0.39, 0.29) is 16.9 Å². The van der Waals surface area contributed by atoms with E-state index in [2.05, 4.69) is 37.5 Å². The van der Waals surface area contributed by atoms with E-state index in [4.69, 9.17) is 0 Å². The predicted octanol–water partition coefficient (Wildman–Crippen LogP) is 2.40. The molecular weight excluding hydrogens is 242 g/mol. The first-order valence-corrected chi connectivity index (χ1v) is 9.91. The van der Waals surface area contributed by atoms with Gasteiger partial charge >= 0.3 is 0 Å². The van der Waals surface area contributed by atoms with Gasteiger partial charge in [0.05, 0.1) is 19.2 Å². The molecule has 0 aromatic heterocycles. The second-order valence-electron chi connectivity index (χ2n) is 5.97. The smallest absolute Gasteiger partial charge is 0.233 e. The van der Waals surface area contributed by atoms with Crippen molar-refractivity contribution >= 4 is 20.6 Å². The highest BCUT2D eigenvalue weighted by Gasteiger charge is 2.66. The fourth-order valence-electron chi connectivity index (χ4n) is 3.84. The van der Waals surface area contributed by atoms with Gasteiger partial charge in [-0.05, 0) is 19.3 Å². The SMILES string of the molecule is CCCCC12CC=CCC1([SiH](C)C)C(=O)NC2=O. The Morgan fingerprint density at radius 3 is 2.50 bits per heavy atom. The van der Waals surface area contributed by atoms with Crippen molar-refractivity contribution in [2.45, 2.75) is 57.2 Å². The first kappa shape index (κ1) is 13.5. The van der Waals surface area contributed by atoms with Gasteiger partial charge in [0, 0.05) is 0 Å². The maximum absolute atomic E-state index is 12.4. The number of hydrogen-bond acceptors (Lipinski definition) is 2. The zero-order valence-electron chi connectivity index (χ0n) is 11.6. The van der Waals surface area contributed by atoms with E-state index in [0.717, 1.165) is 32.1 Å². The molecule has 2 unspecified atom stereocenters. The summed E-state index contributed by atoms with van der Waals surface area (Å²) in [6, 6.07) is 0. The van der Waals surface area contributed by atoms with Gasteiger partial charge in [0.25, 0.3) is 0 Å². The third-order valence-electron chi connectivity index (χ3n) is 4.94. The van der Waals surface area contributed by atoms with Crippen molar-refractivity contribution < 1.29 is 9.59 Å². The minimum absolute atomic E-state index is 0.00787. The van der Waals surface area contributed by atoms with Crippen molar-refractivity contribution in [3.8, 4) is 0 Å². The molecule has 0 aromatic carbocycles. The Morgan fingerprint density at radius 1 is 1.22 bits per heavy atom. The molecule has 1 fully saturated rings. The summed E-state index contributed by atoms with van der Waals surface area (Å²) in [5.74, 6) is 0.00104. The number of unbranched alkanes of at least 4 members (excludes halogenated alkanes) is 1. The Kier molecular flexibility index (Phi) is 3.49. The number of hydrogen-bond donors (Lipinski definition) is 1. The lowest BCUT2D eigenvalue weighted by atomic mass is 9.66. The number of allylic oxidation sites excluding steroid dienone is 2. The Hall–Kier alpha value is -0.903. The van der Waals surface area contributed by atoms with Crippen LogP contribution in [-0.2, 0) is 9.59 Å². The van der Waals surface area contributed by atoms with Gasteiger partial charge in [-0.1, -0.05) is 45.0 Å². The van der Waals surface area contributed by atoms with Crippen LogP contribution in [-0.4, -0.2) is 20.6 Å². The van der Waals surface area contributed by atoms with Gasteiger partial charge in [-0.25, -0.2) is 0 Å². The van der Waals surface area contributed by atoms with E-state index in [1.807, 2.05) is 0 Å². The van der Waals surface area contributed by atoms with Crippen LogP contribution in [0.3, 0.4) is 0 Å². The van der Waals surface area contributed by atoms with Crippen molar-refractivity contribution in [3.05, 3.63) is 12.2 Å². The molecule has 0 saturated carbocycles. The van der Waals surface area contributed by atoms with Crippen molar-refractivity contribution in [3.63, 3.8) is 0 Å². The lowest BCUT2D eigenvalue weighted by Gasteiger charge is -2.45. The molecule has 1 aliphatic carbocycles. The minimum Gasteiger partial charge on any atom is -0.296 e. The van der Waals surface area contributed by atoms with Crippen LogP contribution in [0.25, 0.3) is 0 Å². The Balaban J connectivity index is 2.50. The summed E-state index contributed by atoms with van der Waals surface area (Å²) in [7, 11) is -1.27. The van der Waals surface area contributed by atoms with Crippen LogP contribution >= 0.6 is 0 Å². The Labute approximate surface area is 111 Å². The van der Waals surface area contributed by atoms with Crippen LogP contribution in [0.5, 0.6) is 0 Å². The predicted molar refractivity (Wildman–Crippen MR) is 75.1 cm³/mol. The molecule has 1 saturated heterocycles. The molecule has 0 aromatic rings. The molecule has 0 radical (unpaired) electrons. The summed E-state index contributed by atoms with van der Waals surface area (Å²) < 4.78 is 0. The summed E-state index contributed by atoms with van der Waals surface area (Å²) in [5, 5.41) is 2.27. The topological polar surface area (TPSA) is 46.2 Å². The molecule has 3 nitrogen and oxygen atoms in total. The quantitative estimate of drug-likeness (QED) is 0.482. The summed E-state index contributed by atoms with van der Waals surface area (Å²) in [4.78, 5) is 24.8. The molecule has 2 atom stereocenters. The van der Waals surface area contributed by atoms with Crippen LogP contribution < -0.4 is 5.32 Å². The zero-order chi connectivity index (χ0) is 13.4. The Morgan fingerprint density at radius 2 is 1.89 bits per heavy atom. The standard InChI is InChI=1S/C14H23NO2Si/c1-4-5-8-13-9-6-7-10-14(13,18(2)3)12(17)15-11(13)16/h6-7,18H,4-5,8-10H2,1-3H3,(H,15,16,17). The second-order valence-corrected chi connectivity index (χ2v) is 9.27. The molecule has 2 rings (SSSR count). The van der Waals surface area contributed by atoms with Crippen LogP contribution in [0.15, 0.2) is 12.2 Å². The summed E-state index contributed by atoms with van der Waals surface area (Å²) in [5.41, 5.74) is -0.435. The molecule has 4 heteroatoms. The van der Waals surface area contributed by atoms with Gasteiger partial charge in [-0.3, -0.25) is 14.9 Å².